The molecule has 4 heteroatoms. The van der Waals surface area contributed by atoms with Crippen LogP contribution in [0.2, 0.25) is 0 Å². The van der Waals surface area contributed by atoms with Gasteiger partial charge in [0.05, 0.1) is 0 Å². The quantitative estimate of drug-likeness (QED) is 0.759. The number of nitrogens with two attached hydrogens (primary N) is 1. The summed E-state index contributed by atoms with van der Waals surface area (Å²) >= 11 is 1.75. The van der Waals surface area contributed by atoms with Gasteiger partial charge in [-0.25, -0.2) is 0 Å². The van der Waals surface area contributed by atoms with Gasteiger partial charge in [0, 0.05) is 16.5 Å². The molecule has 0 aromatic heterocycles. The molecule has 15 heavy (non-hydrogen) atoms. The lowest BCUT2D eigenvalue weighted by atomic mass is 10.0. The summed E-state index contributed by atoms with van der Waals surface area (Å²) in [6.45, 7) is 12.3. The SMILES string of the molecule is CC(C)NC(C)(CSC(C)(C)C)C(N)=O. The third-order valence-electron chi connectivity index (χ3n) is 1.94. The molecule has 1 atom stereocenters. The van der Waals surface area contributed by atoms with E-state index in [1.165, 1.54) is 0 Å². The Bertz CT molecular complexity index is 223. The lowest BCUT2D eigenvalue weighted by Crippen LogP contribution is -2.57. The van der Waals surface area contributed by atoms with Crippen molar-refractivity contribution in [3.8, 4) is 0 Å². The molecule has 0 aromatic rings. The first-order valence-electron chi connectivity index (χ1n) is 5.28. The van der Waals surface area contributed by atoms with Gasteiger partial charge in [-0.05, 0) is 20.8 Å². The highest BCUT2D eigenvalue weighted by Crippen LogP contribution is 2.27. The summed E-state index contributed by atoms with van der Waals surface area (Å²) in [5.74, 6) is 0.414. The standard InChI is InChI=1S/C11H24N2OS/c1-8(2)13-11(6,9(12)14)7-15-10(3,4)5/h8,13H,7H2,1-6H3,(H2,12,14). The van der Waals surface area contributed by atoms with Gasteiger partial charge >= 0.3 is 0 Å². The molecule has 3 nitrogen and oxygen atoms in total. The molecule has 0 bridgehead atoms. The summed E-state index contributed by atoms with van der Waals surface area (Å²) in [5, 5.41) is 3.23. The molecule has 0 heterocycles. The molecule has 1 amide bonds. The lowest BCUT2D eigenvalue weighted by Gasteiger charge is -2.32. The molecule has 0 saturated heterocycles. The van der Waals surface area contributed by atoms with Crippen LogP contribution in [-0.4, -0.2) is 28.0 Å². The van der Waals surface area contributed by atoms with Gasteiger partial charge in [0.1, 0.15) is 5.54 Å². The third kappa shape index (κ3) is 6.05. The van der Waals surface area contributed by atoms with Gasteiger partial charge in [-0.1, -0.05) is 20.8 Å². The van der Waals surface area contributed by atoms with Crippen LogP contribution in [0.15, 0.2) is 0 Å². The smallest absolute Gasteiger partial charge is 0.238 e. The molecule has 0 aliphatic heterocycles. The molecule has 0 rings (SSSR count). The van der Waals surface area contributed by atoms with E-state index in [1.807, 2.05) is 20.8 Å². The molecular weight excluding hydrogens is 208 g/mol. The van der Waals surface area contributed by atoms with E-state index in [-0.39, 0.29) is 16.7 Å². The molecular formula is C11H24N2OS. The average Bonchev–Trinajstić information content (AvgIpc) is 1.98. The second-order valence-corrected chi connectivity index (χ2v) is 7.20. The summed E-state index contributed by atoms with van der Waals surface area (Å²) < 4.78 is 0.148. The molecule has 0 spiro atoms. The number of nitrogens with one attached hydrogen (secondary N) is 1. The summed E-state index contributed by atoms with van der Waals surface area (Å²) in [6, 6.07) is 0.253. The number of hydrogen-bond acceptors (Lipinski definition) is 3. The summed E-state index contributed by atoms with van der Waals surface area (Å²) in [6.07, 6.45) is 0. The van der Waals surface area contributed by atoms with Crippen molar-refractivity contribution in [1.82, 2.24) is 5.32 Å². The van der Waals surface area contributed by atoms with Crippen molar-refractivity contribution in [1.29, 1.82) is 0 Å². The van der Waals surface area contributed by atoms with Gasteiger partial charge in [0.2, 0.25) is 5.91 Å². The molecule has 0 aromatic carbocycles. The number of hydrogen-bond donors (Lipinski definition) is 2. The van der Waals surface area contributed by atoms with Crippen molar-refractivity contribution < 1.29 is 4.79 Å². The Kier molecular flexibility index (Phi) is 5.14. The molecule has 90 valence electrons. The average molecular weight is 232 g/mol. The van der Waals surface area contributed by atoms with Gasteiger partial charge in [-0.2, -0.15) is 11.8 Å². The fourth-order valence-corrected chi connectivity index (χ4v) is 2.13. The molecule has 0 fully saturated rings. The Labute approximate surface area is 97.6 Å². The van der Waals surface area contributed by atoms with Crippen LogP contribution >= 0.6 is 11.8 Å². The van der Waals surface area contributed by atoms with Crippen LogP contribution in [0.4, 0.5) is 0 Å². The minimum Gasteiger partial charge on any atom is -0.368 e. The van der Waals surface area contributed by atoms with E-state index < -0.39 is 5.54 Å². The summed E-state index contributed by atoms with van der Waals surface area (Å²) in [5.41, 5.74) is 4.81. The molecule has 0 aliphatic carbocycles. The van der Waals surface area contributed by atoms with Crippen LogP contribution in [-0.2, 0) is 4.79 Å². The van der Waals surface area contributed by atoms with E-state index in [9.17, 15) is 4.79 Å². The highest BCUT2D eigenvalue weighted by molar-refractivity contribution is 8.00. The van der Waals surface area contributed by atoms with E-state index in [0.29, 0.717) is 5.75 Å². The third-order valence-corrected chi connectivity index (χ3v) is 3.53. The first kappa shape index (κ1) is 14.8. The zero-order valence-corrected chi connectivity index (χ0v) is 11.5. The normalized spacial score (nSPS) is 16.5. The second kappa shape index (κ2) is 5.21. The number of carbonyl (C=O) groups excluding carboxylic acids is 1. The van der Waals surface area contributed by atoms with Gasteiger partial charge < -0.3 is 11.1 Å². The fraction of sp³-hybridized carbons (Fsp3) is 0.909. The van der Waals surface area contributed by atoms with E-state index in [0.717, 1.165) is 0 Å². The Hall–Kier alpha value is -0.220. The number of primary amides is 1. The Morgan fingerprint density at radius 1 is 1.33 bits per heavy atom. The summed E-state index contributed by atoms with van der Waals surface area (Å²) in [7, 11) is 0. The zero-order chi connectivity index (χ0) is 12.3. The van der Waals surface area contributed by atoms with Crippen LogP contribution in [0, 0.1) is 0 Å². The molecule has 0 saturated carbocycles. The number of thioether (sulfide) groups is 1. The monoisotopic (exact) mass is 232 g/mol. The Morgan fingerprint density at radius 2 is 1.80 bits per heavy atom. The number of amides is 1. The predicted molar refractivity (Wildman–Crippen MR) is 68.1 cm³/mol. The minimum atomic E-state index is -0.619. The first-order valence-corrected chi connectivity index (χ1v) is 6.27. The van der Waals surface area contributed by atoms with E-state index in [4.69, 9.17) is 5.73 Å². The van der Waals surface area contributed by atoms with Crippen molar-refractivity contribution in [2.75, 3.05) is 5.75 Å². The van der Waals surface area contributed by atoms with Crippen molar-refractivity contribution in [3.05, 3.63) is 0 Å². The van der Waals surface area contributed by atoms with Crippen LogP contribution in [0.1, 0.15) is 41.5 Å². The van der Waals surface area contributed by atoms with Crippen molar-refractivity contribution in [2.45, 2.75) is 57.9 Å². The van der Waals surface area contributed by atoms with Gasteiger partial charge in [0.15, 0.2) is 0 Å². The maximum absolute atomic E-state index is 11.4. The lowest BCUT2D eigenvalue weighted by molar-refractivity contribution is -0.123. The van der Waals surface area contributed by atoms with Crippen LogP contribution in [0.25, 0.3) is 0 Å². The molecule has 0 radical (unpaired) electrons. The minimum absolute atomic E-state index is 0.148. The zero-order valence-electron chi connectivity index (χ0n) is 10.7. The number of rotatable bonds is 5. The fourth-order valence-electron chi connectivity index (χ4n) is 1.18. The van der Waals surface area contributed by atoms with Gasteiger partial charge in [-0.15, -0.1) is 0 Å². The molecule has 1 unspecified atom stereocenters. The Morgan fingerprint density at radius 3 is 2.07 bits per heavy atom. The largest absolute Gasteiger partial charge is 0.368 e. The Balaban J connectivity index is 4.46. The molecule has 0 aliphatic rings. The van der Waals surface area contributed by atoms with Crippen LogP contribution < -0.4 is 11.1 Å². The summed E-state index contributed by atoms with van der Waals surface area (Å²) in [4.78, 5) is 11.4. The number of carbonyl (C=O) groups is 1. The van der Waals surface area contributed by atoms with Crippen LogP contribution in [0.3, 0.4) is 0 Å². The van der Waals surface area contributed by atoms with Crippen molar-refractivity contribution in [3.63, 3.8) is 0 Å². The maximum atomic E-state index is 11.4. The van der Waals surface area contributed by atoms with E-state index >= 15 is 0 Å². The second-order valence-electron chi connectivity index (χ2n) is 5.40. The van der Waals surface area contributed by atoms with E-state index in [1.54, 1.807) is 11.8 Å². The topological polar surface area (TPSA) is 55.1 Å². The van der Waals surface area contributed by atoms with Gasteiger partial charge in [-0.3, -0.25) is 4.79 Å². The van der Waals surface area contributed by atoms with Gasteiger partial charge in [0.25, 0.3) is 0 Å². The predicted octanol–water partition coefficient (Wildman–Crippen LogP) is 1.76. The first-order chi connectivity index (χ1) is 6.57. The molecule has 3 N–H and O–H groups in total. The van der Waals surface area contributed by atoms with Crippen molar-refractivity contribution in [2.24, 2.45) is 5.73 Å². The van der Waals surface area contributed by atoms with Crippen molar-refractivity contribution >= 4 is 17.7 Å². The highest BCUT2D eigenvalue weighted by atomic mass is 32.2. The van der Waals surface area contributed by atoms with Crippen LogP contribution in [0.5, 0.6) is 0 Å². The van der Waals surface area contributed by atoms with E-state index in [2.05, 4.69) is 26.1 Å². The maximum Gasteiger partial charge on any atom is 0.238 e. The highest BCUT2D eigenvalue weighted by Gasteiger charge is 2.32.